The van der Waals surface area contributed by atoms with Gasteiger partial charge in [0.1, 0.15) is 12.3 Å². The van der Waals surface area contributed by atoms with Crippen LogP contribution in [0.15, 0.2) is 65.6 Å². The van der Waals surface area contributed by atoms with E-state index in [-0.39, 0.29) is 40.3 Å². The minimum absolute atomic E-state index is 0.0941. The average Bonchev–Trinajstić information content (AvgIpc) is 3.26. The lowest BCUT2D eigenvalue weighted by atomic mass is 10.1. The molecule has 0 bridgehead atoms. The third-order valence-electron chi connectivity index (χ3n) is 6.71. The zero-order valence-corrected chi connectivity index (χ0v) is 26.5. The van der Waals surface area contributed by atoms with Crippen LogP contribution in [0.4, 0.5) is 16.2 Å². The molecule has 1 aliphatic heterocycles. The van der Waals surface area contributed by atoms with Crippen LogP contribution in [0.25, 0.3) is 6.08 Å². The molecule has 0 aliphatic carbocycles. The van der Waals surface area contributed by atoms with E-state index in [9.17, 15) is 24.0 Å². The molecule has 2 N–H and O–H groups in total. The number of aryl methyl sites for hydroxylation is 2. The van der Waals surface area contributed by atoms with Crippen LogP contribution in [-0.4, -0.2) is 53.6 Å². The highest BCUT2D eigenvalue weighted by Gasteiger charge is 2.36. The number of thioether (sulfide) groups is 1. The van der Waals surface area contributed by atoms with Crippen molar-refractivity contribution in [2.75, 3.05) is 30.4 Å². The first-order valence-corrected chi connectivity index (χ1v) is 15.4. The highest BCUT2D eigenvalue weighted by atomic mass is 35.5. The molecule has 0 saturated carbocycles. The molecular formula is C33H32ClN3O7S. The number of amides is 4. The Hall–Kier alpha value is -4.61. The number of nitrogens with one attached hydrogen (secondary N) is 2. The molecule has 4 rings (SSSR count). The van der Waals surface area contributed by atoms with Crippen molar-refractivity contribution < 1.29 is 33.4 Å². The topological polar surface area (TPSA) is 131 Å². The second kappa shape index (κ2) is 15.4. The van der Waals surface area contributed by atoms with Gasteiger partial charge in [-0.05, 0) is 97.3 Å². The molecule has 45 heavy (non-hydrogen) atoms. The number of hydrogen-bond acceptors (Lipinski definition) is 8. The van der Waals surface area contributed by atoms with E-state index >= 15 is 0 Å². The molecular weight excluding hydrogens is 618 g/mol. The molecule has 4 amide bonds. The van der Waals surface area contributed by atoms with E-state index < -0.39 is 29.6 Å². The number of nitrogens with zero attached hydrogens (tertiary/aromatic N) is 1. The Bertz CT molecular complexity index is 1660. The monoisotopic (exact) mass is 649 g/mol. The number of carbonyl (C=O) groups excluding carboxylic acids is 5. The molecule has 3 aromatic rings. The molecule has 0 atom stereocenters. The summed E-state index contributed by atoms with van der Waals surface area (Å²) in [5.41, 5.74) is 3.87. The minimum Gasteiger partial charge on any atom is -0.484 e. The average molecular weight is 650 g/mol. The maximum atomic E-state index is 12.9. The van der Waals surface area contributed by atoms with Crippen molar-refractivity contribution in [2.24, 2.45) is 0 Å². The molecule has 0 spiro atoms. The van der Waals surface area contributed by atoms with Crippen molar-refractivity contribution in [3.63, 3.8) is 0 Å². The van der Waals surface area contributed by atoms with E-state index in [1.807, 2.05) is 39.0 Å². The third kappa shape index (κ3) is 9.19. The number of ether oxygens (including phenoxy) is 2. The summed E-state index contributed by atoms with van der Waals surface area (Å²) in [6.45, 7) is 5.48. The first kappa shape index (κ1) is 33.3. The second-order valence-electron chi connectivity index (χ2n) is 10.2. The summed E-state index contributed by atoms with van der Waals surface area (Å²) < 4.78 is 10.8. The minimum atomic E-state index is -0.630. The predicted molar refractivity (Wildman–Crippen MR) is 174 cm³/mol. The van der Waals surface area contributed by atoms with E-state index in [1.165, 1.54) is 24.3 Å². The van der Waals surface area contributed by atoms with Crippen molar-refractivity contribution in [1.82, 2.24) is 4.90 Å². The Morgan fingerprint density at radius 3 is 2.31 bits per heavy atom. The van der Waals surface area contributed by atoms with E-state index in [0.29, 0.717) is 23.4 Å². The van der Waals surface area contributed by atoms with Gasteiger partial charge in [-0.2, -0.15) is 0 Å². The fourth-order valence-electron chi connectivity index (χ4n) is 4.10. The summed E-state index contributed by atoms with van der Waals surface area (Å²) in [5.74, 6) is -1.71. The zero-order chi connectivity index (χ0) is 32.5. The van der Waals surface area contributed by atoms with Gasteiger partial charge in [-0.3, -0.25) is 24.1 Å². The fraction of sp³-hybridized carbons (Fsp3) is 0.242. The van der Waals surface area contributed by atoms with Crippen LogP contribution in [0.3, 0.4) is 0 Å². The van der Waals surface area contributed by atoms with Crippen LogP contribution in [0.5, 0.6) is 5.75 Å². The van der Waals surface area contributed by atoms with Gasteiger partial charge in [-0.1, -0.05) is 43.1 Å². The number of hydrogen-bond donors (Lipinski definition) is 2. The van der Waals surface area contributed by atoms with Gasteiger partial charge in [-0.15, -0.1) is 0 Å². The quantitative estimate of drug-likeness (QED) is 0.127. The first-order chi connectivity index (χ1) is 21.5. The molecule has 1 fully saturated rings. The lowest BCUT2D eigenvalue weighted by molar-refractivity contribution is -0.127. The van der Waals surface area contributed by atoms with Gasteiger partial charge in [0, 0.05) is 11.4 Å². The zero-order valence-electron chi connectivity index (χ0n) is 25.0. The predicted octanol–water partition coefficient (Wildman–Crippen LogP) is 6.61. The lowest BCUT2D eigenvalue weighted by Crippen LogP contribution is -2.36. The van der Waals surface area contributed by atoms with Crippen molar-refractivity contribution >= 4 is 69.7 Å². The Morgan fingerprint density at radius 1 is 0.911 bits per heavy atom. The summed E-state index contributed by atoms with van der Waals surface area (Å²) in [6, 6.07) is 16.6. The van der Waals surface area contributed by atoms with E-state index in [2.05, 4.69) is 10.6 Å². The largest absolute Gasteiger partial charge is 0.484 e. The fourth-order valence-corrected chi connectivity index (χ4v) is 5.14. The summed E-state index contributed by atoms with van der Waals surface area (Å²) in [4.78, 5) is 63.8. The molecule has 1 saturated heterocycles. The van der Waals surface area contributed by atoms with Gasteiger partial charge < -0.3 is 20.1 Å². The number of unbranched alkanes of at least 4 members (excludes halogenated alkanes) is 1. The van der Waals surface area contributed by atoms with Crippen molar-refractivity contribution in [2.45, 2.75) is 33.6 Å². The number of esters is 1. The second-order valence-corrected chi connectivity index (χ2v) is 11.6. The Balaban J connectivity index is 1.30. The summed E-state index contributed by atoms with van der Waals surface area (Å²) in [7, 11) is 0. The maximum Gasteiger partial charge on any atom is 0.339 e. The van der Waals surface area contributed by atoms with Gasteiger partial charge in [-0.25, -0.2) is 4.79 Å². The van der Waals surface area contributed by atoms with Crippen LogP contribution in [0.1, 0.15) is 46.8 Å². The number of carbonyl (C=O) groups is 5. The van der Waals surface area contributed by atoms with E-state index in [0.717, 1.165) is 34.2 Å². The van der Waals surface area contributed by atoms with Gasteiger partial charge in [0.2, 0.25) is 5.91 Å². The lowest BCUT2D eigenvalue weighted by Gasteiger charge is -2.13. The number of rotatable bonds is 12. The normalized spacial score (nSPS) is 13.6. The van der Waals surface area contributed by atoms with Gasteiger partial charge in [0.25, 0.3) is 17.1 Å². The number of imide groups is 1. The molecule has 0 unspecified atom stereocenters. The SMILES string of the molecule is CCCCOC(=O)c1cc(NC(=O)CN2C(=O)S/C(=C\c3ccc(OCC(=O)Nc4ccc(C)c(C)c4)cc3)C2=O)ccc1Cl. The molecule has 1 heterocycles. The third-order valence-corrected chi connectivity index (χ3v) is 7.95. The Labute approximate surface area is 270 Å². The molecule has 0 radical (unpaired) electrons. The Morgan fingerprint density at radius 2 is 1.60 bits per heavy atom. The Kier molecular flexibility index (Phi) is 11.4. The van der Waals surface area contributed by atoms with Crippen LogP contribution >= 0.6 is 23.4 Å². The van der Waals surface area contributed by atoms with E-state index in [1.54, 1.807) is 24.3 Å². The number of anilines is 2. The highest BCUT2D eigenvalue weighted by Crippen LogP contribution is 2.32. The maximum absolute atomic E-state index is 12.9. The van der Waals surface area contributed by atoms with Crippen LogP contribution in [-0.2, 0) is 19.1 Å². The standard InChI is InChI=1S/C33H32ClN3O7S/c1-4-5-14-43-32(41)26-17-24(10-13-27(26)34)35-29(38)18-37-31(40)28(45-33(37)42)16-22-7-11-25(12-8-22)44-19-30(39)36-23-9-6-20(2)21(3)15-23/h6-13,15-17H,4-5,14,18-19H2,1-3H3,(H,35,38)(H,36,39)/b28-16-. The molecule has 0 aromatic heterocycles. The van der Waals surface area contributed by atoms with Gasteiger partial charge in [0.15, 0.2) is 6.61 Å². The van der Waals surface area contributed by atoms with Crippen molar-refractivity contribution in [1.29, 1.82) is 0 Å². The molecule has 12 heteroatoms. The number of halogens is 1. The smallest absolute Gasteiger partial charge is 0.339 e. The first-order valence-electron chi connectivity index (χ1n) is 14.2. The molecule has 10 nitrogen and oxygen atoms in total. The molecule has 1 aliphatic rings. The summed E-state index contributed by atoms with van der Waals surface area (Å²) >= 11 is 6.85. The van der Waals surface area contributed by atoms with Crippen LogP contribution in [0, 0.1) is 13.8 Å². The van der Waals surface area contributed by atoms with Crippen molar-refractivity contribution in [3.05, 3.63) is 92.8 Å². The highest BCUT2D eigenvalue weighted by molar-refractivity contribution is 8.18. The van der Waals surface area contributed by atoms with E-state index in [4.69, 9.17) is 21.1 Å². The van der Waals surface area contributed by atoms with Crippen LogP contribution < -0.4 is 15.4 Å². The van der Waals surface area contributed by atoms with Gasteiger partial charge in [0.05, 0.1) is 22.1 Å². The van der Waals surface area contributed by atoms with Gasteiger partial charge >= 0.3 is 5.97 Å². The van der Waals surface area contributed by atoms with Crippen LogP contribution in [0.2, 0.25) is 5.02 Å². The molecule has 3 aromatic carbocycles. The summed E-state index contributed by atoms with van der Waals surface area (Å²) in [5, 5.41) is 4.96. The van der Waals surface area contributed by atoms with Crippen molar-refractivity contribution in [3.8, 4) is 5.75 Å². The molecule has 234 valence electrons. The summed E-state index contributed by atoms with van der Waals surface area (Å²) in [6.07, 6.45) is 3.11. The number of benzene rings is 3.